The molecular formula is C11H16N2O4. The lowest BCUT2D eigenvalue weighted by atomic mass is 10.00. The summed E-state index contributed by atoms with van der Waals surface area (Å²) in [5.74, 6) is -1.55. The molecule has 0 radical (unpaired) electrons. The summed E-state index contributed by atoms with van der Waals surface area (Å²) in [4.78, 5) is 37.4. The first kappa shape index (κ1) is 12.0. The van der Waals surface area contributed by atoms with Crippen LogP contribution in [0.25, 0.3) is 0 Å². The summed E-state index contributed by atoms with van der Waals surface area (Å²) in [6.07, 6.45) is 0.0549. The van der Waals surface area contributed by atoms with Gasteiger partial charge in [0.2, 0.25) is 11.8 Å². The molecule has 0 aromatic heterocycles. The first-order valence-electron chi connectivity index (χ1n) is 5.84. The molecule has 1 N–H and O–H groups in total. The van der Waals surface area contributed by atoms with Crippen LogP contribution in [-0.4, -0.2) is 58.9 Å². The zero-order chi connectivity index (χ0) is 12.6. The quantitative estimate of drug-likeness (QED) is 0.664. The normalized spacial score (nSPS) is 28.9. The second-order valence-electron chi connectivity index (χ2n) is 4.54. The summed E-state index contributed by atoms with van der Waals surface area (Å²) in [5.41, 5.74) is 0. The first-order chi connectivity index (χ1) is 8.04. The molecule has 0 unspecified atom stereocenters. The lowest BCUT2D eigenvalue weighted by Crippen LogP contribution is -2.36. The van der Waals surface area contributed by atoms with Gasteiger partial charge in [-0.3, -0.25) is 19.3 Å². The average molecular weight is 240 g/mol. The average Bonchev–Trinajstić information content (AvgIpc) is 2.78. The number of fused-ring (bicyclic) bond motifs is 1. The zero-order valence-electron chi connectivity index (χ0n) is 9.76. The van der Waals surface area contributed by atoms with Crippen LogP contribution in [0.15, 0.2) is 0 Å². The van der Waals surface area contributed by atoms with Gasteiger partial charge in [0.15, 0.2) is 0 Å². The molecule has 2 aliphatic heterocycles. The van der Waals surface area contributed by atoms with Crippen molar-refractivity contribution in [3.63, 3.8) is 0 Å². The predicted octanol–water partition coefficient (Wildman–Crippen LogP) is -0.602. The molecule has 6 heteroatoms. The third kappa shape index (κ3) is 2.04. The highest BCUT2D eigenvalue weighted by atomic mass is 16.4. The third-order valence-electron chi connectivity index (χ3n) is 3.52. The van der Waals surface area contributed by atoms with Crippen molar-refractivity contribution < 1.29 is 19.5 Å². The van der Waals surface area contributed by atoms with Crippen molar-refractivity contribution in [3.8, 4) is 0 Å². The number of hydrogen-bond donors (Lipinski definition) is 1. The number of amides is 2. The standard InChI is InChI=1S/C11H16N2O4/c1-2-13-10(16)7-5-12(4-3-9(14)15)6-8(7)11(13)17/h7-8H,2-6H2,1H3,(H,14,15)/t7-,8-/m0/s1. The second-order valence-corrected chi connectivity index (χ2v) is 4.54. The van der Waals surface area contributed by atoms with Crippen molar-refractivity contribution in [2.45, 2.75) is 13.3 Å². The molecule has 2 atom stereocenters. The molecule has 0 spiro atoms. The van der Waals surface area contributed by atoms with E-state index < -0.39 is 5.97 Å². The smallest absolute Gasteiger partial charge is 0.304 e. The van der Waals surface area contributed by atoms with Crippen LogP contribution in [0.3, 0.4) is 0 Å². The van der Waals surface area contributed by atoms with Crippen LogP contribution in [-0.2, 0) is 14.4 Å². The lowest BCUT2D eigenvalue weighted by Gasteiger charge is -2.18. The Morgan fingerprint density at radius 3 is 2.24 bits per heavy atom. The molecule has 17 heavy (non-hydrogen) atoms. The van der Waals surface area contributed by atoms with Crippen molar-refractivity contribution in [1.29, 1.82) is 0 Å². The lowest BCUT2D eigenvalue weighted by molar-refractivity contribution is -0.140. The van der Waals surface area contributed by atoms with Crippen molar-refractivity contribution in [2.75, 3.05) is 26.2 Å². The highest BCUT2D eigenvalue weighted by Gasteiger charge is 2.51. The topological polar surface area (TPSA) is 77.9 Å². The largest absolute Gasteiger partial charge is 0.481 e. The van der Waals surface area contributed by atoms with E-state index >= 15 is 0 Å². The molecule has 0 aromatic carbocycles. The Labute approximate surface area is 99.2 Å². The van der Waals surface area contributed by atoms with E-state index in [2.05, 4.69) is 0 Å². The Bertz CT molecular complexity index is 344. The fraction of sp³-hybridized carbons (Fsp3) is 0.727. The summed E-state index contributed by atoms with van der Waals surface area (Å²) >= 11 is 0. The van der Waals surface area contributed by atoms with Gasteiger partial charge in [0.1, 0.15) is 0 Å². The Kier molecular flexibility index (Phi) is 3.15. The van der Waals surface area contributed by atoms with Crippen LogP contribution < -0.4 is 0 Å². The molecule has 2 fully saturated rings. The number of carbonyl (C=O) groups is 3. The Balaban J connectivity index is 1.98. The van der Waals surface area contributed by atoms with Crippen LogP contribution in [0.1, 0.15) is 13.3 Å². The number of rotatable bonds is 4. The number of imide groups is 1. The highest BCUT2D eigenvalue weighted by molar-refractivity contribution is 6.05. The molecule has 2 amide bonds. The molecule has 2 rings (SSSR count). The summed E-state index contributed by atoms with van der Waals surface area (Å²) in [7, 11) is 0. The second kappa shape index (κ2) is 4.44. The third-order valence-corrected chi connectivity index (χ3v) is 3.52. The summed E-state index contributed by atoms with van der Waals surface area (Å²) in [6, 6.07) is 0. The number of likely N-dealkylation sites (tertiary alicyclic amines) is 2. The maximum absolute atomic E-state index is 11.9. The number of carboxylic acid groups (broad SMARTS) is 1. The van der Waals surface area contributed by atoms with Gasteiger partial charge < -0.3 is 10.0 Å². The van der Waals surface area contributed by atoms with E-state index in [1.54, 1.807) is 6.92 Å². The van der Waals surface area contributed by atoms with Crippen molar-refractivity contribution >= 4 is 17.8 Å². The number of nitrogens with zero attached hydrogens (tertiary/aromatic N) is 2. The fourth-order valence-corrected chi connectivity index (χ4v) is 2.64. The van der Waals surface area contributed by atoms with E-state index in [1.807, 2.05) is 4.90 Å². The van der Waals surface area contributed by atoms with E-state index in [0.29, 0.717) is 26.2 Å². The van der Waals surface area contributed by atoms with Gasteiger partial charge in [-0.05, 0) is 6.92 Å². The molecule has 2 heterocycles. The van der Waals surface area contributed by atoms with Gasteiger partial charge in [0.25, 0.3) is 0 Å². The van der Waals surface area contributed by atoms with Gasteiger partial charge in [-0.15, -0.1) is 0 Å². The maximum atomic E-state index is 11.9. The van der Waals surface area contributed by atoms with Crippen molar-refractivity contribution in [2.24, 2.45) is 11.8 Å². The molecule has 2 aliphatic rings. The number of aliphatic carboxylic acids is 1. The van der Waals surface area contributed by atoms with Crippen molar-refractivity contribution in [3.05, 3.63) is 0 Å². The van der Waals surface area contributed by atoms with Crippen LogP contribution >= 0.6 is 0 Å². The van der Waals surface area contributed by atoms with Gasteiger partial charge in [0, 0.05) is 26.2 Å². The van der Waals surface area contributed by atoms with Gasteiger partial charge in [-0.1, -0.05) is 0 Å². The van der Waals surface area contributed by atoms with Crippen LogP contribution in [0.4, 0.5) is 0 Å². The Hall–Kier alpha value is -1.43. The number of hydrogen-bond acceptors (Lipinski definition) is 4. The minimum atomic E-state index is -0.852. The predicted molar refractivity (Wildman–Crippen MR) is 58.1 cm³/mol. The summed E-state index contributed by atoms with van der Waals surface area (Å²) < 4.78 is 0. The number of carbonyl (C=O) groups excluding carboxylic acids is 2. The van der Waals surface area contributed by atoms with E-state index in [1.165, 1.54) is 4.90 Å². The minimum Gasteiger partial charge on any atom is -0.481 e. The Morgan fingerprint density at radius 2 is 1.82 bits per heavy atom. The molecule has 0 saturated carbocycles. The molecule has 6 nitrogen and oxygen atoms in total. The summed E-state index contributed by atoms with van der Waals surface area (Å²) in [5, 5.41) is 8.59. The fourth-order valence-electron chi connectivity index (χ4n) is 2.64. The zero-order valence-corrected chi connectivity index (χ0v) is 9.76. The van der Waals surface area contributed by atoms with Gasteiger partial charge in [-0.2, -0.15) is 0 Å². The maximum Gasteiger partial charge on any atom is 0.304 e. The van der Waals surface area contributed by atoms with E-state index in [-0.39, 0.29) is 30.1 Å². The molecular weight excluding hydrogens is 224 g/mol. The first-order valence-corrected chi connectivity index (χ1v) is 5.84. The van der Waals surface area contributed by atoms with Gasteiger partial charge in [-0.25, -0.2) is 0 Å². The highest BCUT2D eigenvalue weighted by Crippen LogP contribution is 2.33. The monoisotopic (exact) mass is 240 g/mol. The molecule has 0 aliphatic carbocycles. The molecule has 0 bridgehead atoms. The van der Waals surface area contributed by atoms with Crippen LogP contribution in [0.2, 0.25) is 0 Å². The van der Waals surface area contributed by atoms with Crippen LogP contribution in [0.5, 0.6) is 0 Å². The minimum absolute atomic E-state index is 0.0549. The van der Waals surface area contributed by atoms with Crippen LogP contribution in [0, 0.1) is 11.8 Å². The molecule has 94 valence electrons. The van der Waals surface area contributed by atoms with E-state index in [4.69, 9.17) is 5.11 Å². The van der Waals surface area contributed by atoms with Crippen molar-refractivity contribution in [1.82, 2.24) is 9.80 Å². The van der Waals surface area contributed by atoms with Gasteiger partial charge >= 0.3 is 5.97 Å². The molecule has 2 saturated heterocycles. The van der Waals surface area contributed by atoms with Gasteiger partial charge in [0.05, 0.1) is 18.3 Å². The molecule has 0 aromatic rings. The van der Waals surface area contributed by atoms with E-state index in [0.717, 1.165) is 0 Å². The number of carboxylic acids is 1. The Morgan fingerprint density at radius 1 is 1.29 bits per heavy atom. The summed E-state index contributed by atoms with van der Waals surface area (Å²) in [6.45, 7) is 3.66. The van der Waals surface area contributed by atoms with E-state index in [9.17, 15) is 14.4 Å². The SMILES string of the molecule is CCN1C(=O)[C@H]2CN(CCC(=O)O)C[C@@H]2C1=O.